The molecule has 2 aromatic rings. The summed E-state index contributed by atoms with van der Waals surface area (Å²) < 4.78 is 4.68. The molecular formula is C13H11BrO2. The summed E-state index contributed by atoms with van der Waals surface area (Å²) in [5.74, 6) is -0.300. The summed E-state index contributed by atoms with van der Waals surface area (Å²) in [6.07, 6.45) is 0. The molecule has 0 amide bonds. The van der Waals surface area contributed by atoms with Crippen molar-refractivity contribution in [1.82, 2.24) is 0 Å². The van der Waals surface area contributed by atoms with E-state index in [1.807, 2.05) is 24.3 Å². The van der Waals surface area contributed by atoms with E-state index in [4.69, 9.17) is 0 Å². The molecule has 0 fully saturated rings. The maximum Gasteiger partial charge on any atom is 0.337 e. The van der Waals surface area contributed by atoms with E-state index in [0.29, 0.717) is 5.56 Å². The van der Waals surface area contributed by atoms with E-state index < -0.39 is 0 Å². The summed E-state index contributed by atoms with van der Waals surface area (Å²) in [6.45, 7) is 0. The van der Waals surface area contributed by atoms with Crippen LogP contribution in [0.4, 0.5) is 0 Å². The minimum atomic E-state index is -0.300. The van der Waals surface area contributed by atoms with Crippen LogP contribution in [0.15, 0.2) is 36.4 Å². The lowest BCUT2D eigenvalue weighted by atomic mass is 10.0. The Balaban J connectivity index is 2.51. The second-order valence-corrected chi connectivity index (χ2v) is 4.08. The van der Waals surface area contributed by atoms with Crippen LogP contribution in [-0.2, 0) is 10.1 Å². The summed E-state index contributed by atoms with van der Waals surface area (Å²) in [4.78, 5) is 11.4. The maximum atomic E-state index is 11.4. The molecule has 3 heteroatoms. The molecule has 0 aliphatic rings. The van der Waals surface area contributed by atoms with Gasteiger partial charge in [-0.15, -0.1) is 0 Å². The van der Waals surface area contributed by atoms with Gasteiger partial charge in [-0.05, 0) is 28.5 Å². The van der Waals surface area contributed by atoms with Gasteiger partial charge in [-0.25, -0.2) is 4.79 Å². The predicted molar refractivity (Wildman–Crippen MR) is 67.9 cm³/mol. The number of rotatable bonds is 2. The topological polar surface area (TPSA) is 26.3 Å². The quantitative estimate of drug-likeness (QED) is 0.621. The third kappa shape index (κ3) is 2.09. The Labute approximate surface area is 102 Å². The molecule has 0 N–H and O–H groups in total. The molecule has 0 bridgehead atoms. The fraction of sp³-hybridized carbons (Fsp3) is 0.154. The van der Waals surface area contributed by atoms with Gasteiger partial charge in [0.2, 0.25) is 0 Å². The third-order valence-corrected chi connectivity index (χ3v) is 3.13. The number of ether oxygens (including phenoxy) is 1. The Morgan fingerprint density at radius 3 is 2.56 bits per heavy atom. The van der Waals surface area contributed by atoms with Crippen molar-refractivity contribution in [2.24, 2.45) is 0 Å². The summed E-state index contributed by atoms with van der Waals surface area (Å²) in [6, 6.07) is 11.7. The van der Waals surface area contributed by atoms with Crippen molar-refractivity contribution < 1.29 is 9.53 Å². The number of halogens is 1. The number of esters is 1. The summed E-state index contributed by atoms with van der Waals surface area (Å²) in [7, 11) is 1.39. The van der Waals surface area contributed by atoms with Crippen LogP contribution in [0.2, 0.25) is 0 Å². The molecule has 0 spiro atoms. The maximum absolute atomic E-state index is 11.4. The van der Waals surface area contributed by atoms with Gasteiger partial charge in [0.15, 0.2) is 0 Å². The lowest BCUT2D eigenvalue weighted by molar-refractivity contribution is 0.0601. The number of hydrogen-bond acceptors (Lipinski definition) is 2. The second kappa shape index (κ2) is 4.66. The van der Waals surface area contributed by atoms with Crippen LogP contribution in [0.5, 0.6) is 0 Å². The lowest BCUT2D eigenvalue weighted by Gasteiger charge is -2.03. The fourth-order valence-electron chi connectivity index (χ4n) is 1.62. The van der Waals surface area contributed by atoms with Gasteiger partial charge in [0.25, 0.3) is 0 Å². The van der Waals surface area contributed by atoms with Crippen molar-refractivity contribution in [3.8, 4) is 0 Å². The van der Waals surface area contributed by atoms with Crippen LogP contribution in [0.1, 0.15) is 15.9 Å². The van der Waals surface area contributed by atoms with Crippen LogP contribution in [0.25, 0.3) is 10.8 Å². The van der Waals surface area contributed by atoms with Crippen molar-refractivity contribution in [2.45, 2.75) is 5.33 Å². The van der Waals surface area contributed by atoms with Gasteiger partial charge in [-0.2, -0.15) is 0 Å². The van der Waals surface area contributed by atoms with Crippen LogP contribution >= 0.6 is 15.9 Å². The number of hydrogen-bond donors (Lipinski definition) is 0. The van der Waals surface area contributed by atoms with E-state index in [1.165, 1.54) is 12.7 Å². The highest BCUT2D eigenvalue weighted by Gasteiger charge is 2.05. The first-order chi connectivity index (χ1) is 7.74. The Morgan fingerprint density at radius 2 is 1.88 bits per heavy atom. The van der Waals surface area contributed by atoms with Crippen molar-refractivity contribution in [3.05, 3.63) is 47.5 Å². The highest BCUT2D eigenvalue weighted by Crippen LogP contribution is 2.19. The minimum Gasteiger partial charge on any atom is -0.465 e. The zero-order valence-corrected chi connectivity index (χ0v) is 10.5. The molecule has 0 saturated carbocycles. The van der Waals surface area contributed by atoms with E-state index in [-0.39, 0.29) is 5.97 Å². The molecular weight excluding hydrogens is 268 g/mol. The highest BCUT2D eigenvalue weighted by molar-refractivity contribution is 9.08. The van der Waals surface area contributed by atoms with Gasteiger partial charge in [0, 0.05) is 5.33 Å². The van der Waals surface area contributed by atoms with Gasteiger partial charge in [-0.1, -0.05) is 40.2 Å². The van der Waals surface area contributed by atoms with E-state index in [2.05, 4.69) is 26.7 Å². The SMILES string of the molecule is COC(=O)c1ccc2cc(CBr)ccc2c1. The van der Waals surface area contributed by atoms with Crippen LogP contribution < -0.4 is 0 Å². The first-order valence-electron chi connectivity index (χ1n) is 4.91. The minimum absolute atomic E-state index is 0.300. The average Bonchev–Trinajstić information content (AvgIpc) is 2.36. The third-order valence-electron chi connectivity index (χ3n) is 2.48. The van der Waals surface area contributed by atoms with Gasteiger partial charge in [0.05, 0.1) is 12.7 Å². The van der Waals surface area contributed by atoms with Crippen LogP contribution in [-0.4, -0.2) is 13.1 Å². The molecule has 0 aliphatic heterocycles. The zero-order valence-electron chi connectivity index (χ0n) is 8.87. The number of methoxy groups -OCH3 is 1. The number of carbonyl (C=O) groups is 1. The Kier molecular flexibility index (Phi) is 3.25. The Morgan fingerprint density at radius 1 is 1.19 bits per heavy atom. The molecule has 0 unspecified atom stereocenters. The van der Waals surface area contributed by atoms with Crippen molar-refractivity contribution in [2.75, 3.05) is 7.11 Å². The number of alkyl halides is 1. The Hall–Kier alpha value is -1.35. The van der Waals surface area contributed by atoms with Gasteiger partial charge >= 0.3 is 5.97 Å². The number of carbonyl (C=O) groups excluding carboxylic acids is 1. The smallest absolute Gasteiger partial charge is 0.337 e. The van der Waals surface area contributed by atoms with Gasteiger partial charge < -0.3 is 4.74 Å². The first kappa shape index (κ1) is 11.1. The van der Waals surface area contributed by atoms with Gasteiger partial charge in [-0.3, -0.25) is 0 Å². The largest absolute Gasteiger partial charge is 0.465 e. The summed E-state index contributed by atoms with van der Waals surface area (Å²) >= 11 is 3.42. The molecule has 2 aromatic carbocycles. The molecule has 0 saturated heterocycles. The fourth-order valence-corrected chi connectivity index (χ4v) is 1.97. The van der Waals surface area contributed by atoms with Crippen molar-refractivity contribution in [1.29, 1.82) is 0 Å². The molecule has 16 heavy (non-hydrogen) atoms. The summed E-state index contributed by atoms with van der Waals surface area (Å²) in [5, 5.41) is 3.01. The van der Waals surface area contributed by atoms with Crippen LogP contribution in [0, 0.1) is 0 Å². The molecule has 0 aliphatic carbocycles. The molecule has 2 nitrogen and oxygen atoms in total. The molecule has 0 aromatic heterocycles. The van der Waals surface area contributed by atoms with Crippen molar-refractivity contribution in [3.63, 3.8) is 0 Å². The molecule has 0 heterocycles. The van der Waals surface area contributed by atoms with E-state index in [1.54, 1.807) is 6.07 Å². The first-order valence-corrected chi connectivity index (χ1v) is 6.03. The summed E-state index contributed by atoms with van der Waals surface area (Å²) in [5.41, 5.74) is 1.81. The number of benzene rings is 2. The monoisotopic (exact) mass is 278 g/mol. The predicted octanol–water partition coefficient (Wildman–Crippen LogP) is 3.52. The highest BCUT2D eigenvalue weighted by atomic mass is 79.9. The molecule has 0 radical (unpaired) electrons. The molecule has 82 valence electrons. The van der Waals surface area contributed by atoms with E-state index in [0.717, 1.165) is 16.1 Å². The van der Waals surface area contributed by atoms with Crippen molar-refractivity contribution >= 4 is 32.7 Å². The Bertz CT molecular complexity index is 534. The van der Waals surface area contributed by atoms with E-state index >= 15 is 0 Å². The number of fused-ring (bicyclic) bond motifs is 1. The van der Waals surface area contributed by atoms with Gasteiger partial charge in [0.1, 0.15) is 0 Å². The zero-order chi connectivity index (χ0) is 11.5. The van der Waals surface area contributed by atoms with Crippen LogP contribution in [0.3, 0.4) is 0 Å². The second-order valence-electron chi connectivity index (χ2n) is 3.52. The van der Waals surface area contributed by atoms with E-state index in [9.17, 15) is 4.79 Å². The lowest BCUT2D eigenvalue weighted by Crippen LogP contribution is -2.00. The molecule has 2 rings (SSSR count). The normalized spacial score (nSPS) is 10.4. The standard InChI is InChI=1S/C13H11BrO2/c1-16-13(15)12-5-4-10-6-9(8-14)2-3-11(10)7-12/h2-7H,8H2,1H3. The molecule has 0 atom stereocenters. The average molecular weight is 279 g/mol.